The average Bonchev–Trinajstić information content (AvgIpc) is 2.52. The molecule has 2 N–H and O–H groups in total. The second-order valence-corrected chi connectivity index (χ2v) is 6.13. The lowest BCUT2D eigenvalue weighted by atomic mass is 9.94. The minimum Gasteiger partial charge on any atom is -0.393 e. The van der Waals surface area contributed by atoms with Crippen molar-refractivity contribution in [2.24, 2.45) is 23.5 Å². The maximum absolute atomic E-state index is 12.5. The van der Waals surface area contributed by atoms with Crippen LogP contribution in [-0.2, 0) is 4.79 Å². The third kappa shape index (κ3) is 3.94. The Morgan fingerprint density at radius 1 is 1.39 bits per heavy atom. The van der Waals surface area contributed by atoms with Crippen LogP contribution in [0.1, 0.15) is 46.5 Å². The SMILES string of the molecule is CCC1CCCN(C(=O)C(C(N)=S)C(C)C)CC1. The number of carbonyl (C=O) groups excluding carboxylic acids is 1. The highest BCUT2D eigenvalue weighted by atomic mass is 32.1. The van der Waals surface area contributed by atoms with Crippen LogP contribution >= 0.6 is 12.2 Å². The molecular weight excluding hydrogens is 244 g/mol. The van der Waals surface area contributed by atoms with E-state index in [-0.39, 0.29) is 17.7 Å². The fraction of sp³-hybridized carbons (Fsp3) is 0.857. The van der Waals surface area contributed by atoms with Crippen molar-refractivity contribution in [1.29, 1.82) is 0 Å². The van der Waals surface area contributed by atoms with Gasteiger partial charge in [-0.05, 0) is 31.1 Å². The van der Waals surface area contributed by atoms with Crippen molar-refractivity contribution in [3.8, 4) is 0 Å². The lowest BCUT2D eigenvalue weighted by molar-refractivity contribution is -0.134. The molecule has 0 aromatic carbocycles. The molecule has 0 bridgehead atoms. The van der Waals surface area contributed by atoms with E-state index in [1.165, 1.54) is 12.8 Å². The van der Waals surface area contributed by atoms with E-state index < -0.39 is 0 Å². The molecule has 104 valence electrons. The zero-order valence-electron chi connectivity index (χ0n) is 11.8. The zero-order valence-corrected chi connectivity index (χ0v) is 12.6. The maximum Gasteiger partial charge on any atom is 0.232 e. The molecule has 0 aromatic heterocycles. The third-order valence-electron chi connectivity index (χ3n) is 3.98. The summed E-state index contributed by atoms with van der Waals surface area (Å²) >= 11 is 5.05. The normalized spacial score (nSPS) is 22.7. The van der Waals surface area contributed by atoms with Crippen LogP contribution in [0.15, 0.2) is 0 Å². The van der Waals surface area contributed by atoms with E-state index in [1.807, 2.05) is 18.7 Å². The van der Waals surface area contributed by atoms with Gasteiger partial charge in [-0.2, -0.15) is 0 Å². The van der Waals surface area contributed by atoms with Gasteiger partial charge in [0.15, 0.2) is 0 Å². The van der Waals surface area contributed by atoms with Crippen molar-refractivity contribution < 1.29 is 4.79 Å². The van der Waals surface area contributed by atoms with Gasteiger partial charge in [-0.3, -0.25) is 4.79 Å². The number of hydrogen-bond donors (Lipinski definition) is 1. The molecule has 0 saturated carbocycles. The second-order valence-electron chi connectivity index (χ2n) is 5.65. The molecule has 1 amide bonds. The van der Waals surface area contributed by atoms with Gasteiger partial charge in [-0.25, -0.2) is 0 Å². The van der Waals surface area contributed by atoms with Crippen LogP contribution in [0.25, 0.3) is 0 Å². The average molecular weight is 270 g/mol. The molecule has 0 aromatic rings. The van der Waals surface area contributed by atoms with E-state index in [9.17, 15) is 4.79 Å². The summed E-state index contributed by atoms with van der Waals surface area (Å²) in [4.78, 5) is 14.8. The summed E-state index contributed by atoms with van der Waals surface area (Å²) in [7, 11) is 0. The maximum atomic E-state index is 12.5. The third-order valence-corrected chi connectivity index (χ3v) is 4.23. The lowest BCUT2D eigenvalue weighted by Crippen LogP contribution is -2.44. The van der Waals surface area contributed by atoms with Crippen LogP contribution in [0.5, 0.6) is 0 Å². The Morgan fingerprint density at radius 3 is 2.56 bits per heavy atom. The number of thiocarbonyl (C=S) groups is 1. The first-order valence-electron chi connectivity index (χ1n) is 7.05. The minimum absolute atomic E-state index is 0.134. The van der Waals surface area contributed by atoms with Crippen LogP contribution in [0, 0.1) is 17.8 Å². The van der Waals surface area contributed by atoms with E-state index in [4.69, 9.17) is 18.0 Å². The van der Waals surface area contributed by atoms with Crippen molar-refractivity contribution in [2.45, 2.75) is 46.5 Å². The van der Waals surface area contributed by atoms with E-state index in [0.29, 0.717) is 4.99 Å². The summed E-state index contributed by atoms with van der Waals surface area (Å²) < 4.78 is 0. The molecule has 1 rings (SSSR count). The van der Waals surface area contributed by atoms with Gasteiger partial charge < -0.3 is 10.6 Å². The summed E-state index contributed by atoms with van der Waals surface area (Å²) in [5.74, 6) is 0.790. The molecule has 1 heterocycles. The lowest BCUT2D eigenvalue weighted by Gasteiger charge is -2.27. The molecule has 2 unspecified atom stereocenters. The van der Waals surface area contributed by atoms with Crippen LogP contribution in [0.3, 0.4) is 0 Å². The van der Waals surface area contributed by atoms with E-state index in [1.54, 1.807) is 0 Å². The summed E-state index contributed by atoms with van der Waals surface area (Å²) in [5, 5.41) is 0. The molecule has 4 heteroatoms. The fourth-order valence-corrected chi connectivity index (χ4v) is 3.10. The Hall–Kier alpha value is -0.640. The van der Waals surface area contributed by atoms with Crippen molar-refractivity contribution in [3.63, 3.8) is 0 Å². The predicted molar refractivity (Wildman–Crippen MR) is 79.3 cm³/mol. The van der Waals surface area contributed by atoms with Crippen LogP contribution in [0.2, 0.25) is 0 Å². The molecule has 0 radical (unpaired) electrons. The quantitative estimate of drug-likeness (QED) is 0.799. The van der Waals surface area contributed by atoms with Gasteiger partial charge in [0.2, 0.25) is 5.91 Å². The molecule has 18 heavy (non-hydrogen) atoms. The molecule has 0 aliphatic carbocycles. The largest absolute Gasteiger partial charge is 0.393 e. The minimum atomic E-state index is -0.293. The van der Waals surface area contributed by atoms with Gasteiger partial charge in [0.05, 0.1) is 10.9 Å². The van der Waals surface area contributed by atoms with Gasteiger partial charge in [0, 0.05) is 13.1 Å². The van der Waals surface area contributed by atoms with Gasteiger partial charge in [0.1, 0.15) is 0 Å². The van der Waals surface area contributed by atoms with Gasteiger partial charge >= 0.3 is 0 Å². The standard InChI is InChI=1S/C14H26N2OS/c1-4-11-6-5-8-16(9-7-11)14(17)12(10(2)3)13(15)18/h10-12H,4-9H2,1-3H3,(H2,15,18). The Balaban J connectivity index is 2.68. The van der Waals surface area contributed by atoms with E-state index >= 15 is 0 Å². The van der Waals surface area contributed by atoms with E-state index in [0.717, 1.165) is 31.8 Å². The number of hydrogen-bond acceptors (Lipinski definition) is 2. The van der Waals surface area contributed by atoms with Gasteiger partial charge in [-0.1, -0.05) is 39.4 Å². The first kappa shape index (κ1) is 15.4. The Bertz CT molecular complexity index is 304. The van der Waals surface area contributed by atoms with Crippen molar-refractivity contribution in [3.05, 3.63) is 0 Å². The Labute approximate surface area is 116 Å². The summed E-state index contributed by atoms with van der Waals surface area (Å²) in [6.07, 6.45) is 4.67. The summed E-state index contributed by atoms with van der Waals surface area (Å²) in [5.41, 5.74) is 5.72. The van der Waals surface area contributed by atoms with Crippen molar-refractivity contribution in [1.82, 2.24) is 4.90 Å². The summed E-state index contributed by atoms with van der Waals surface area (Å²) in [6.45, 7) is 7.97. The Kier molecular flexibility index (Phi) is 6.06. The molecule has 2 atom stereocenters. The highest BCUT2D eigenvalue weighted by molar-refractivity contribution is 7.80. The predicted octanol–water partition coefficient (Wildman–Crippen LogP) is 2.58. The fourth-order valence-electron chi connectivity index (χ4n) is 2.73. The number of carbonyl (C=O) groups is 1. The molecule has 1 fully saturated rings. The second kappa shape index (κ2) is 7.07. The Morgan fingerprint density at radius 2 is 2.06 bits per heavy atom. The molecule has 0 spiro atoms. The number of likely N-dealkylation sites (tertiary alicyclic amines) is 1. The molecule has 1 saturated heterocycles. The zero-order chi connectivity index (χ0) is 13.7. The van der Waals surface area contributed by atoms with E-state index in [2.05, 4.69) is 6.92 Å². The topological polar surface area (TPSA) is 46.3 Å². The first-order valence-corrected chi connectivity index (χ1v) is 7.46. The molecular formula is C14H26N2OS. The monoisotopic (exact) mass is 270 g/mol. The van der Waals surface area contributed by atoms with Crippen LogP contribution in [-0.4, -0.2) is 28.9 Å². The van der Waals surface area contributed by atoms with Gasteiger partial charge in [0.25, 0.3) is 0 Å². The highest BCUT2D eigenvalue weighted by Crippen LogP contribution is 2.23. The number of rotatable bonds is 4. The number of nitrogens with zero attached hydrogens (tertiary/aromatic N) is 1. The number of nitrogens with two attached hydrogens (primary N) is 1. The first-order chi connectivity index (χ1) is 8.47. The van der Waals surface area contributed by atoms with Gasteiger partial charge in [-0.15, -0.1) is 0 Å². The number of amides is 1. The molecule has 1 aliphatic heterocycles. The van der Waals surface area contributed by atoms with Crippen LogP contribution in [0.4, 0.5) is 0 Å². The van der Waals surface area contributed by atoms with Crippen LogP contribution < -0.4 is 5.73 Å². The molecule has 1 aliphatic rings. The smallest absolute Gasteiger partial charge is 0.232 e. The molecule has 3 nitrogen and oxygen atoms in total. The van der Waals surface area contributed by atoms with Crippen molar-refractivity contribution in [2.75, 3.05) is 13.1 Å². The summed E-state index contributed by atoms with van der Waals surface area (Å²) in [6, 6.07) is 0. The van der Waals surface area contributed by atoms with Crippen molar-refractivity contribution >= 4 is 23.1 Å². The highest BCUT2D eigenvalue weighted by Gasteiger charge is 2.30.